The summed E-state index contributed by atoms with van der Waals surface area (Å²) in [6.07, 6.45) is 0. The molecule has 5 rings (SSSR count). The lowest BCUT2D eigenvalue weighted by Crippen LogP contribution is -2.48. The van der Waals surface area contributed by atoms with E-state index >= 15 is 0 Å². The molecular formula is C24H23FN6OS. The number of carbonyl (C=O) groups is 1. The first-order valence-electron chi connectivity index (χ1n) is 10.8. The van der Waals surface area contributed by atoms with Gasteiger partial charge < -0.3 is 9.80 Å². The Bertz CT molecular complexity index is 1280. The van der Waals surface area contributed by atoms with Crippen molar-refractivity contribution in [2.75, 3.05) is 31.1 Å². The fourth-order valence-electron chi connectivity index (χ4n) is 4.00. The molecule has 0 radical (unpaired) electrons. The second-order valence-corrected chi connectivity index (χ2v) is 8.96. The minimum absolute atomic E-state index is 0.00698. The summed E-state index contributed by atoms with van der Waals surface area (Å²) < 4.78 is 14.9. The van der Waals surface area contributed by atoms with Crippen LogP contribution in [0.1, 0.15) is 21.1 Å². The third-order valence-corrected chi connectivity index (χ3v) is 7.00. The molecule has 7 nitrogen and oxygen atoms in total. The quantitative estimate of drug-likeness (QED) is 0.457. The number of aryl methyl sites for hydroxylation is 1. The molecule has 2 aromatic heterocycles. The second kappa shape index (κ2) is 8.74. The Balaban J connectivity index is 1.33. The van der Waals surface area contributed by atoms with Gasteiger partial charge in [-0.2, -0.15) is 0 Å². The highest BCUT2D eigenvalue weighted by Crippen LogP contribution is 2.30. The molecule has 9 heteroatoms. The minimum atomic E-state index is -0.306. The second-order valence-electron chi connectivity index (χ2n) is 7.96. The Morgan fingerprint density at radius 1 is 0.939 bits per heavy atom. The fourth-order valence-corrected chi connectivity index (χ4v) is 5.07. The molecule has 33 heavy (non-hydrogen) atoms. The highest BCUT2D eigenvalue weighted by Gasteiger charge is 2.27. The normalized spacial score (nSPS) is 14.0. The van der Waals surface area contributed by atoms with E-state index < -0.39 is 0 Å². The Morgan fingerprint density at radius 2 is 1.64 bits per heavy atom. The van der Waals surface area contributed by atoms with Crippen LogP contribution in [-0.4, -0.2) is 57.0 Å². The average molecular weight is 463 g/mol. The number of hydrogen-bond acceptors (Lipinski definition) is 6. The van der Waals surface area contributed by atoms with E-state index in [9.17, 15) is 9.18 Å². The number of hydrogen-bond donors (Lipinski definition) is 0. The first kappa shape index (κ1) is 21.3. The molecule has 1 saturated heterocycles. The topological polar surface area (TPSA) is 67.2 Å². The number of benzene rings is 2. The Hall–Kier alpha value is -3.59. The van der Waals surface area contributed by atoms with Crippen molar-refractivity contribution >= 4 is 22.9 Å². The fraction of sp³-hybridized carbons (Fsp3) is 0.250. The predicted octanol–water partition coefficient (Wildman–Crippen LogP) is 4.11. The van der Waals surface area contributed by atoms with Crippen molar-refractivity contribution in [1.82, 2.24) is 24.9 Å². The first-order chi connectivity index (χ1) is 16.0. The maximum absolute atomic E-state index is 13.3. The van der Waals surface area contributed by atoms with E-state index in [4.69, 9.17) is 0 Å². The number of aromatic nitrogens is 4. The molecule has 0 N–H and O–H groups in total. The molecule has 1 amide bonds. The van der Waals surface area contributed by atoms with Crippen molar-refractivity contribution in [2.45, 2.75) is 13.8 Å². The molecule has 4 aromatic rings. The molecule has 0 spiro atoms. The number of thiazole rings is 1. The monoisotopic (exact) mass is 462 g/mol. The van der Waals surface area contributed by atoms with Crippen LogP contribution >= 0.6 is 11.3 Å². The van der Waals surface area contributed by atoms with Crippen molar-refractivity contribution in [3.05, 3.63) is 76.7 Å². The lowest BCUT2D eigenvalue weighted by molar-refractivity contribution is 0.0750. The maximum Gasteiger partial charge on any atom is 0.265 e. The largest absolute Gasteiger partial charge is 0.368 e. The maximum atomic E-state index is 13.3. The summed E-state index contributed by atoms with van der Waals surface area (Å²) in [7, 11) is 0. The highest BCUT2D eigenvalue weighted by molar-refractivity contribution is 7.17. The van der Waals surface area contributed by atoms with Gasteiger partial charge in [0.2, 0.25) is 0 Å². The number of nitrogens with zero attached hydrogens (tertiary/aromatic N) is 6. The molecule has 1 fully saturated rings. The van der Waals surface area contributed by atoms with E-state index in [1.807, 2.05) is 36.9 Å². The van der Waals surface area contributed by atoms with Gasteiger partial charge in [-0.1, -0.05) is 23.4 Å². The van der Waals surface area contributed by atoms with Gasteiger partial charge in [0.05, 0.1) is 17.1 Å². The number of piperazine rings is 1. The van der Waals surface area contributed by atoms with Gasteiger partial charge in [-0.05, 0) is 50.2 Å². The third-order valence-electron chi connectivity index (χ3n) is 5.85. The SMILES string of the molecule is Cc1nc(-c2nnn(-c3ccc(F)cc3)c2C)sc1C(=O)N1CCN(c2ccccc2)CC1. The summed E-state index contributed by atoms with van der Waals surface area (Å²) in [4.78, 5) is 22.7. The van der Waals surface area contributed by atoms with Crippen LogP contribution in [0.5, 0.6) is 0 Å². The molecule has 1 aliphatic heterocycles. The van der Waals surface area contributed by atoms with Crippen molar-refractivity contribution < 1.29 is 9.18 Å². The van der Waals surface area contributed by atoms with Gasteiger partial charge in [-0.3, -0.25) is 4.79 Å². The summed E-state index contributed by atoms with van der Waals surface area (Å²) in [5, 5.41) is 9.16. The van der Waals surface area contributed by atoms with Gasteiger partial charge in [0.1, 0.15) is 21.4 Å². The van der Waals surface area contributed by atoms with Crippen LogP contribution < -0.4 is 4.90 Å². The van der Waals surface area contributed by atoms with Gasteiger partial charge in [0.25, 0.3) is 5.91 Å². The zero-order valence-electron chi connectivity index (χ0n) is 18.4. The van der Waals surface area contributed by atoms with Gasteiger partial charge in [-0.15, -0.1) is 16.4 Å². The molecular weight excluding hydrogens is 439 g/mol. The molecule has 0 unspecified atom stereocenters. The van der Waals surface area contributed by atoms with E-state index in [0.717, 1.165) is 18.8 Å². The number of carbonyl (C=O) groups excluding carboxylic acids is 1. The summed E-state index contributed by atoms with van der Waals surface area (Å²) in [5.41, 5.74) is 4.00. The van der Waals surface area contributed by atoms with Crippen molar-refractivity contribution in [3.63, 3.8) is 0 Å². The van der Waals surface area contributed by atoms with E-state index in [1.54, 1.807) is 16.8 Å². The summed E-state index contributed by atoms with van der Waals surface area (Å²) in [6, 6.07) is 16.3. The smallest absolute Gasteiger partial charge is 0.265 e. The number of amides is 1. The molecule has 0 aliphatic carbocycles. The van der Waals surface area contributed by atoms with Gasteiger partial charge in [-0.25, -0.2) is 14.1 Å². The first-order valence-corrected chi connectivity index (χ1v) is 11.6. The standard InChI is InChI=1S/C24H23FN6OS/c1-16-22(24(32)30-14-12-29(13-15-30)19-6-4-3-5-7-19)33-23(26-16)21-17(2)31(28-27-21)20-10-8-18(25)9-11-20/h3-11H,12-15H2,1-2H3. The van der Waals surface area contributed by atoms with Crippen LogP contribution in [0.4, 0.5) is 10.1 Å². The van der Waals surface area contributed by atoms with Crippen molar-refractivity contribution in [3.8, 4) is 16.4 Å². The van der Waals surface area contributed by atoms with E-state index in [1.165, 1.54) is 29.2 Å². The van der Waals surface area contributed by atoms with E-state index in [2.05, 4.69) is 32.3 Å². The number of para-hydroxylation sites is 1. The van der Waals surface area contributed by atoms with Gasteiger partial charge >= 0.3 is 0 Å². The summed E-state index contributed by atoms with van der Waals surface area (Å²) in [5.74, 6) is -0.299. The van der Waals surface area contributed by atoms with E-state index in [0.29, 0.717) is 40.0 Å². The molecule has 3 heterocycles. The van der Waals surface area contributed by atoms with Crippen LogP contribution in [-0.2, 0) is 0 Å². The average Bonchev–Trinajstić information content (AvgIpc) is 3.42. The predicted molar refractivity (Wildman–Crippen MR) is 126 cm³/mol. The summed E-state index contributed by atoms with van der Waals surface area (Å²) >= 11 is 1.34. The minimum Gasteiger partial charge on any atom is -0.368 e. The zero-order valence-corrected chi connectivity index (χ0v) is 19.2. The van der Waals surface area contributed by atoms with Crippen LogP contribution in [0.15, 0.2) is 54.6 Å². The molecule has 168 valence electrons. The van der Waals surface area contributed by atoms with Crippen LogP contribution in [0.3, 0.4) is 0 Å². The Kier molecular flexibility index (Phi) is 5.63. The lowest BCUT2D eigenvalue weighted by Gasteiger charge is -2.36. The Labute approximate surface area is 195 Å². The van der Waals surface area contributed by atoms with Crippen molar-refractivity contribution in [1.29, 1.82) is 0 Å². The Morgan fingerprint density at radius 3 is 2.33 bits per heavy atom. The van der Waals surface area contributed by atoms with Crippen LogP contribution in [0, 0.1) is 19.7 Å². The molecule has 1 aliphatic rings. The summed E-state index contributed by atoms with van der Waals surface area (Å²) in [6.45, 7) is 6.67. The van der Waals surface area contributed by atoms with Crippen LogP contribution in [0.25, 0.3) is 16.4 Å². The molecule has 2 aromatic carbocycles. The number of halogens is 1. The number of rotatable bonds is 4. The van der Waals surface area contributed by atoms with E-state index in [-0.39, 0.29) is 11.7 Å². The lowest BCUT2D eigenvalue weighted by atomic mass is 10.2. The zero-order chi connectivity index (χ0) is 22.9. The number of anilines is 1. The third kappa shape index (κ3) is 4.11. The molecule has 0 atom stereocenters. The highest BCUT2D eigenvalue weighted by atomic mass is 32.1. The molecule has 0 bridgehead atoms. The van der Waals surface area contributed by atoms with Gasteiger partial charge in [0.15, 0.2) is 0 Å². The van der Waals surface area contributed by atoms with Crippen molar-refractivity contribution in [2.24, 2.45) is 0 Å². The van der Waals surface area contributed by atoms with Gasteiger partial charge in [0, 0.05) is 31.9 Å². The molecule has 0 saturated carbocycles. The van der Waals surface area contributed by atoms with Crippen LogP contribution in [0.2, 0.25) is 0 Å².